The van der Waals surface area contributed by atoms with Gasteiger partial charge >= 0.3 is 0 Å². The average Bonchev–Trinajstić information content (AvgIpc) is 3.08. The summed E-state index contributed by atoms with van der Waals surface area (Å²) in [6.07, 6.45) is 1.87. The van der Waals surface area contributed by atoms with Crippen molar-refractivity contribution in [2.24, 2.45) is 0 Å². The molecule has 0 spiro atoms. The highest BCUT2D eigenvalue weighted by molar-refractivity contribution is 5.91. The molecule has 1 aliphatic heterocycles. The van der Waals surface area contributed by atoms with Gasteiger partial charge in [-0.15, -0.1) is 0 Å². The molecule has 0 N–H and O–H groups in total. The number of aromatic nitrogens is 3. The van der Waals surface area contributed by atoms with Crippen molar-refractivity contribution in [3.05, 3.63) is 59.8 Å². The lowest BCUT2D eigenvalue weighted by molar-refractivity contribution is 0.0822. The zero-order valence-electron chi connectivity index (χ0n) is 15.4. The van der Waals surface area contributed by atoms with E-state index in [9.17, 15) is 4.79 Å². The molecule has 26 heavy (non-hydrogen) atoms. The third kappa shape index (κ3) is 2.97. The van der Waals surface area contributed by atoms with E-state index in [4.69, 9.17) is 4.98 Å². The van der Waals surface area contributed by atoms with Gasteiger partial charge in [-0.2, -0.15) is 0 Å². The van der Waals surface area contributed by atoms with Crippen LogP contribution in [0.25, 0.3) is 10.9 Å². The molecular weight excluding hydrogens is 326 g/mol. The second-order valence-corrected chi connectivity index (χ2v) is 7.02. The van der Waals surface area contributed by atoms with Gasteiger partial charge in [0.05, 0.1) is 17.3 Å². The van der Waals surface area contributed by atoms with Crippen LogP contribution in [-0.2, 0) is 13.1 Å². The van der Waals surface area contributed by atoms with Crippen molar-refractivity contribution in [1.82, 2.24) is 24.3 Å². The molecule has 3 aromatic rings. The van der Waals surface area contributed by atoms with Crippen molar-refractivity contribution in [3.63, 3.8) is 0 Å². The van der Waals surface area contributed by atoms with Crippen LogP contribution in [0.2, 0.25) is 0 Å². The zero-order valence-corrected chi connectivity index (χ0v) is 15.4. The van der Waals surface area contributed by atoms with E-state index in [1.165, 1.54) is 0 Å². The lowest BCUT2D eigenvalue weighted by Crippen LogP contribution is -2.36. The van der Waals surface area contributed by atoms with Crippen LogP contribution in [0.5, 0.6) is 0 Å². The fraction of sp³-hybridized carbons (Fsp3) is 0.350. The van der Waals surface area contributed by atoms with E-state index in [0.29, 0.717) is 5.69 Å². The van der Waals surface area contributed by atoms with Gasteiger partial charge in [0.1, 0.15) is 11.5 Å². The first-order valence-electron chi connectivity index (χ1n) is 8.90. The molecule has 0 radical (unpaired) electrons. The number of benzene rings is 1. The largest absolute Gasteiger partial charge is 0.343 e. The van der Waals surface area contributed by atoms with Crippen molar-refractivity contribution in [2.45, 2.75) is 26.1 Å². The molecule has 0 bridgehead atoms. The van der Waals surface area contributed by atoms with Crippen molar-refractivity contribution in [1.29, 1.82) is 0 Å². The van der Waals surface area contributed by atoms with Crippen LogP contribution in [0.4, 0.5) is 0 Å². The molecule has 0 saturated carbocycles. The van der Waals surface area contributed by atoms with Gasteiger partial charge in [0.25, 0.3) is 5.91 Å². The molecule has 0 fully saturated rings. The number of para-hydroxylation sites is 1. The topological polar surface area (TPSA) is 54.3 Å². The Balaban J connectivity index is 1.56. The van der Waals surface area contributed by atoms with Crippen LogP contribution in [0.15, 0.2) is 42.6 Å². The van der Waals surface area contributed by atoms with Crippen LogP contribution >= 0.6 is 0 Å². The first-order valence-corrected chi connectivity index (χ1v) is 8.90. The van der Waals surface area contributed by atoms with E-state index < -0.39 is 0 Å². The SMILES string of the molecule is C[C@@H]1c2nc(C(=O)N(C)C)cn2CCN1Cc1ccc2ccccc2n1. The maximum Gasteiger partial charge on any atom is 0.273 e. The standard InChI is InChI=1S/C20H23N5O/c1-14-19-22-18(20(26)23(2)3)13-25(19)11-10-24(14)12-16-9-8-15-6-4-5-7-17(15)21-16/h4-9,13-14H,10-12H2,1-3H3/t14-/m1/s1. The molecular formula is C20H23N5O. The summed E-state index contributed by atoms with van der Waals surface area (Å²) in [6, 6.07) is 12.5. The van der Waals surface area contributed by atoms with E-state index in [0.717, 1.165) is 42.1 Å². The molecule has 0 aliphatic carbocycles. The summed E-state index contributed by atoms with van der Waals surface area (Å²) < 4.78 is 2.10. The van der Waals surface area contributed by atoms with Crippen molar-refractivity contribution in [2.75, 3.05) is 20.6 Å². The normalized spacial score (nSPS) is 17.3. The minimum absolute atomic E-state index is 0.0538. The van der Waals surface area contributed by atoms with E-state index in [2.05, 4.69) is 39.6 Å². The molecule has 1 amide bonds. The van der Waals surface area contributed by atoms with Gasteiger partial charge in [-0.3, -0.25) is 14.7 Å². The van der Waals surface area contributed by atoms with Gasteiger partial charge in [-0.1, -0.05) is 24.3 Å². The van der Waals surface area contributed by atoms with Crippen LogP contribution in [0.1, 0.15) is 35.0 Å². The number of pyridine rings is 1. The Morgan fingerprint density at radius 2 is 1.96 bits per heavy atom. The first kappa shape index (κ1) is 16.7. The Kier molecular flexibility index (Phi) is 4.20. The van der Waals surface area contributed by atoms with Gasteiger partial charge in [0.15, 0.2) is 0 Å². The second-order valence-electron chi connectivity index (χ2n) is 7.02. The Bertz CT molecular complexity index is 962. The molecule has 6 heteroatoms. The number of amides is 1. The van der Waals surface area contributed by atoms with E-state index in [-0.39, 0.29) is 11.9 Å². The van der Waals surface area contributed by atoms with E-state index >= 15 is 0 Å². The summed E-state index contributed by atoms with van der Waals surface area (Å²) in [7, 11) is 3.50. The highest BCUT2D eigenvalue weighted by Gasteiger charge is 2.28. The summed E-state index contributed by atoms with van der Waals surface area (Å²) >= 11 is 0. The summed E-state index contributed by atoms with van der Waals surface area (Å²) in [6.45, 7) is 4.66. The summed E-state index contributed by atoms with van der Waals surface area (Å²) in [5.74, 6) is 0.893. The van der Waals surface area contributed by atoms with Crippen molar-refractivity contribution < 1.29 is 4.79 Å². The highest BCUT2D eigenvalue weighted by atomic mass is 16.2. The number of carbonyl (C=O) groups is 1. The second kappa shape index (κ2) is 6.53. The third-order valence-electron chi connectivity index (χ3n) is 5.00. The fourth-order valence-electron chi connectivity index (χ4n) is 3.49. The zero-order chi connectivity index (χ0) is 18.3. The van der Waals surface area contributed by atoms with Crippen LogP contribution < -0.4 is 0 Å². The van der Waals surface area contributed by atoms with Crippen molar-refractivity contribution >= 4 is 16.8 Å². The summed E-state index contributed by atoms with van der Waals surface area (Å²) in [5.41, 5.74) is 2.60. The maximum absolute atomic E-state index is 12.2. The number of imidazole rings is 1. The predicted molar refractivity (Wildman–Crippen MR) is 101 cm³/mol. The minimum Gasteiger partial charge on any atom is -0.343 e. The maximum atomic E-state index is 12.2. The van der Waals surface area contributed by atoms with Crippen molar-refractivity contribution in [3.8, 4) is 0 Å². The number of fused-ring (bicyclic) bond motifs is 2. The van der Waals surface area contributed by atoms with Gasteiger partial charge in [0.2, 0.25) is 0 Å². The molecule has 2 aromatic heterocycles. The Morgan fingerprint density at radius 3 is 2.77 bits per heavy atom. The van der Waals surface area contributed by atoms with Gasteiger partial charge in [0, 0.05) is 45.3 Å². The number of rotatable bonds is 3. The third-order valence-corrected chi connectivity index (χ3v) is 5.00. The Morgan fingerprint density at radius 1 is 1.15 bits per heavy atom. The Hall–Kier alpha value is -2.73. The first-order chi connectivity index (χ1) is 12.5. The lowest BCUT2D eigenvalue weighted by atomic mass is 10.1. The van der Waals surface area contributed by atoms with Gasteiger partial charge in [-0.25, -0.2) is 4.98 Å². The lowest BCUT2D eigenvalue weighted by Gasteiger charge is -2.33. The molecule has 1 aliphatic rings. The fourth-order valence-corrected chi connectivity index (χ4v) is 3.49. The van der Waals surface area contributed by atoms with E-state index in [1.807, 2.05) is 24.4 Å². The quantitative estimate of drug-likeness (QED) is 0.730. The van der Waals surface area contributed by atoms with Gasteiger partial charge < -0.3 is 9.47 Å². The highest BCUT2D eigenvalue weighted by Crippen LogP contribution is 2.26. The smallest absolute Gasteiger partial charge is 0.273 e. The monoisotopic (exact) mass is 349 g/mol. The van der Waals surface area contributed by atoms with Crippen LogP contribution in [-0.4, -0.2) is 50.9 Å². The molecule has 1 aromatic carbocycles. The van der Waals surface area contributed by atoms with Crippen LogP contribution in [0, 0.1) is 0 Å². The number of hydrogen-bond acceptors (Lipinski definition) is 4. The van der Waals surface area contributed by atoms with E-state index in [1.54, 1.807) is 19.0 Å². The number of hydrogen-bond donors (Lipinski definition) is 0. The molecule has 1 atom stereocenters. The molecule has 6 nitrogen and oxygen atoms in total. The number of nitrogens with zero attached hydrogens (tertiary/aromatic N) is 5. The molecule has 3 heterocycles. The molecule has 4 rings (SSSR count). The Labute approximate surface area is 153 Å². The molecule has 0 unspecified atom stereocenters. The minimum atomic E-state index is -0.0538. The van der Waals surface area contributed by atoms with Crippen LogP contribution in [0.3, 0.4) is 0 Å². The molecule has 0 saturated heterocycles. The summed E-state index contributed by atoms with van der Waals surface area (Å²) in [5, 5.41) is 1.16. The predicted octanol–water partition coefficient (Wildman–Crippen LogP) is 2.71. The molecule has 134 valence electrons. The number of carbonyl (C=O) groups excluding carboxylic acids is 1. The average molecular weight is 349 g/mol. The van der Waals surface area contributed by atoms with Gasteiger partial charge in [-0.05, 0) is 19.1 Å². The summed E-state index contributed by atoms with van der Waals surface area (Å²) in [4.78, 5) is 25.5.